The number of carbonyl (C=O) groups is 1. The predicted molar refractivity (Wildman–Crippen MR) is 91.8 cm³/mol. The molecule has 0 radical (unpaired) electrons. The Kier molecular flexibility index (Phi) is 3.78. The van der Waals surface area contributed by atoms with E-state index < -0.39 is 5.97 Å². The van der Waals surface area contributed by atoms with Gasteiger partial charge in [0.05, 0.1) is 11.0 Å². The molecule has 7 nitrogen and oxygen atoms in total. The zero-order valence-corrected chi connectivity index (χ0v) is 14.3. The summed E-state index contributed by atoms with van der Waals surface area (Å²) in [5.74, 6) is -0.382. The molecule has 25 heavy (non-hydrogen) atoms. The summed E-state index contributed by atoms with van der Waals surface area (Å²) >= 11 is 0. The number of aryl methyl sites for hydroxylation is 2. The third-order valence-corrected chi connectivity index (χ3v) is 5.02. The normalized spacial score (nSPS) is 18.9. The van der Waals surface area contributed by atoms with Gasteiger partial charge < -0.3 is 14.4 Å². The topological polar surface area (TPSA) is 89.1 Å². The van der Waals surface area contributed by atoms with Crippen LogP contribution in [0.25, 0.3) is 11.0 Å². The van der Waals surface area contributed by atoms with Crippen molar-refractivity contribution in [3.8, 4) is 0 Å². The summed E-state index contributed by atoms with van der Waals surface area (Å²) in [5.41, 5.74) is 4.14. The van der Waals surface area contributed by atoms with Gasteiger partial charge in [0.15, 0.2) is 12.4 Å². The quantitative estimate of drug-likeness (QED) is 0.670. The lowest BCUT2D eigenvalue weighted by Gasteiger charge is -2.14. The Morgan fingerprint density at radius 1 is 1.20 bits per heavy atom. The van der Waals surface area contributed by atoms with Crippen LogP contribution in [0.3, 0.4) is 0 Å². The van der Waals surface area contributed by atoms with E-state index in [0.717, 1.165) is 23.9 Å². The number of rotatable bonds is 3. The van der Waals surface area contributed by atoms with E-state index in [9.17, 15) is 9.90 Å². The van der Waals surface area contributed by atoms with Gasteiger partial charge in [-0.05, 0) is 49.9 Å². The van der Waals surface area contributed by atoms with Gasteiger partial charge in [-0.2, -0.15) is 0 Å². The number of fused-ring (bicyclic) bond motifs is 1. The van der Waals surface area contributed by atoms with Crippen LogP contribution in [0.2, 0.25) is 0 Å². The average Bonchev–Trinajstić information content (AvgIpc) is 3.27. The SMILES string of the molecule is Cc1cc2nc(N=NC3=C(O)COC3=O)n(C3CCCC3)c2cc1C. The number of esters is 1. The highest BCUT2D eigenvalue weighted by molar-refractivity contribution is 5.90. The van der Waals surface area contributed by atoms with Crippen LogP contribution in [0.5, 0.6) is 0 Å². The second-order valence-electron chi connectivity index (χ2n) is 6.72. The number of aliphatic hydroxyl groups excluding tert-OH is 1. The van der Waals surface area contributed by atoms with Crippen molar-refractivity contribution in [2.45, 2.75) is 45.6 Å². The summed E-state index contributed by atoms with van der Waals surface area (Å²) < 4.78 is 6.86. The number of hydrogen-bond donors (Lipinski definition) is 1. The molecule has 1 aliphatic heterocycles. The molecule has 0 unspecified atom stereocenters. The van der Waals surface area contributed by atoms with Gasteiger partial charge in [0.25, 0.3) is 5.95 Å². The number of benzene rings is 1. The van der Waals surface area contributed by atoms with Crippen molar-refractivity contribution in [1.82, 2.24) is 9.55 Å². The fourth-order valence-electron chi connectivity index (χ4n) is 3.51. The van der Waals surface area contributed by atoms with Crippen LogP contribution < -0.4 is 0 Å². The number of ether oxygens (including phenoxy) is 1. The van der Waals surface area contributed by atoms with Crippen molar-refractivity contribution in [3.05, 3.63) is 34.7 Å². The van der Waals surface area contributed by atoms with E-state index in [1.54, 1.807) is 0 Å². The van der Waals surface area contributed by atoms with Gasteiger partial charge in [-0.25, -0.2) is 9.78 Å². The average molecular weight is 340 g/mol. The molecular weight excluding hydrogens is 320 g/mol. The molecule has 0 bridgehead atoms. The first-order valence-corrected chi connectivity index (χ1v) is 8.55. The molecule has 0 spiro atoms. The van der Waals surface area contributed by atoms with Crippen molar-refractivity contribution < 1.29 is 14.6 Å². The maximum atomic E-state index is 11.6. The van der Waals surface area contributed by atoms with Crippen LogP contribution in [0.1, 0.15) is 42.9 Å². The Labute approximate surface area is 145 Å². The van der Waals surface area contributed by atoms with Crippen molar-refractivity contribution in [2.24, 2.45) is 10.2 Å². The van der Waals surface area contributed by atoms with Crippen molar-refractivity contribution in [1.29, 1.82) is 0 Å². The fourth-order valence-corrected chi connectivity index (χ4v) is 3.51. The maximum absolute atomic E-state index is 11.6. The van der Waals surface area contributed by atoms with Gasteiger partial charge in [-0.15, -0.1) is 10.2 Å². The molecule has 1 saturated carbocycles. The summed E-state index contributed by atoms with van der Waals surface area (Å²) in [7, 11) is 0. The van der Waals surface area contributed by atoms with Crippen LogP contribution >= 0.6 is 0 Å². The number of cyclic esters (lactones) is 1. The highest BCUT2D eigenvalue weighted by Gasteiger charge is 2.26. The van der Waals surface area contributed by atoms with Crippen LogP contribution in [0, 0.1) is 13.8 Å². The van der Waals surface area contributed by atoms with Gasteiger partial charge in [0, 0.05) is 6.04 Å². The standard InChI is InChI=1S/C18H20N4O3/c1-10-7-13-14(8-11(10)2)22(12-5-3-4-6-12)18(19-13)21-20-16-15(23)9-25-17(16)24/h7-8,12,23H,3-6,9H2,1-2H3. The second-order valence-corrected chi connectivity index (χ2v) is 6.72. The molecule has 7 heteroatoms. The summed E-state index contributed by atoms with van der Waals surface area (Å²) in [4.78, 5) is 16.2. The van der Waals surface area contributed by atoms with Crippen LogP contribution in [0.4, 0.5) is 5.95 Å². The van der Waals surface area contributed by atoms with E-state index in [0.29, 0.717) is 12.0 Å². The number of aliphatic hydroxyl groups is 1. The molecule has 1 aromatic carbocycles. The van der Waals surface area contributed by atoms with Crippen molar-refractivity contribution >= 4 is 23.0 Å². The third kappa shape index (κ3) is 2.69. The molecule has 2 aromatic rings. The third-order valence-electron chi connectivity index (χ3n) is 5.02. The minimum absolute atomic E-state index is 0.141. The van der Waals surface area contributed by atoms with Gasteiger partial charge in [-0.3, -0.25) is 0 Å². The Morgan fingerprint density at radius 2 is 1.92 bits per heavy atom. The van der Waals surface area contributed by atoms with E-state index in [-0.39, 0.29) is 18.1 Å². The highest BCUT2D eigenvalue weighted by atomic mass is 16.5. The zero-order chi connectivity index (χ0) is 17.6. The molecular formula is C18H20N4O3. The maximum Gasteiger partial charge on any atom is 0.362 e. The second kappa shape index (κ2) is 5.98. The first-order valence-electron chi connectivity index (χ1n) is 8.55. The summed E-state index contributed by atoms with van der Waals surface area (Å²) in [6.07, 6.45) is 4.53. The summed E-state index contributed by atoms with van der Waals surface area (Å²) in [6, 6.07) is 4.52. The smallest absolute Gasteiger partial charge is 0.362 e. The highest BCUT2D eigenvalue weighted by Crippen LogP contribution is 2.37. The molecule has 2 aliphatic rings. The summed E-state index contributed by atoms with van der Waals surface area (Å²) in [6.45, 7) is 3.99. The summed E-state index contributed by atoms with van der Waals surface area (Å²) in [5, 5.41) is 17.8. The number of carbonyl (C=O) groups excluding carboxylic acids is 1. The molecule has 1 fully saturated rings. The number of hydrogen-bond acceptors (Lipinski definition) is 6. The van der Waals surface area contributed by atoms with Crippen LogP contribution in [-0.4, -0.2) is 27.2 Å². The molecule has 0 saturated heterocycles. The van der Waals surface area contributed by atoms with Crippen LogP contribution in [0.15, 0.2) is 33.8 Å². The van der Waals surface area contributed by atoms with Gasteiger partial charge in [0.1, 0.15) is 0 Å². The fraction of sp³-hybridized carbons (Fsp3) is 0.444. The van der Waals surface area contributed by atoms with Gasteiger partial charge in [-0.1, -0.05) is 12.8 Å². The first kappa shape index (κ1) is 15.8. The lowest BCUT2D eigenvalue weighted by molar-refractivity contribution is -0.136. The molecule has 4 rings (SSSR count). The Morgan fingerprint density at radius 3 is 2.60 bits per heavy atom. The van der Waals surface area contributed by atoms with E-state index in [1.165, 1.54) is 24.0 Å². The molecule has 130 valence electrons. The number of imidazole rings is 1. The predicted octanol–water partition coefficient (Wildman–Crippen LogP) is 4.18. The minimum Gasteiger partial charge on any atom is -0.506 e. The van der Waals surface area contributed by atoms with E-state index >= 15 is 0 Å². The number of azo groups is 1. The Bertz CT molecular complexity index is 920. The van der Waals surface area contributed by atoms with Crippen molar-refractivity contribution in [3.63, 3.8) is 0 Å². The molecule has 2 heterocycles. The van der Waals surface area contributed by atoms with E-state index in [1.807, 2.05) is 0 Å². The van der Waals surface area contributed by atoms with Gasteiger partial charge >= 0.3 is 5.97 Å². The monoisotopic (exact) mass is 340 g/mol. The lowest BCUT2D eigenvalue weighted by Crippen LogP contribution is -2.04. The lowest BCUT2D eigenvalue weighted by atomic mass is 10.1. The van der Waals surface area contributed by atoms with E-state index in [4.69, 9.17) is 4.74 Å². The van der Waals surface area contributed by atoms with Crippen molar-refractivity contribution in [2.75, 3.05) is 6.61 Å². The van der Waals surface area contributed by atoms with Crippen LogP contribution in [-0.2, 0) is 9.53 Å². The molecule has 1 N–H and O–H groups in total. The van der Waals surface area contributed by atoms with Gasteiger partial charge in [0.2, 0.25) is 5.70 Å². The van der Waals surface area contributed by atoms with E-state index in [2.05, 4.69) is 45.8 Å². The number of aromatic nitrogens is 2. The molecule has 1 aromatic heterocycles. The molecule has 0 atom stereocenters. The molecule has 1 aliphatic carbocycles. The minimum atomic E-state index is -0.656. The largest absolute Gasteiger partial charge is 0.506 e. The zero-order valence-electron chi connectivity index (χ0n) is 14.3. The first-order chi connectivity index (χ1) is 12.0. The Balaban J connectivity index is 1.83. The number of nitrogens with zero attached hydrogens (tertiary/aromatic N) is 4. The molecule has 0 amide bonds. The Hall–Kier alpha value is -2.70.